The number of rotatable bonds is 1. The molecule has 0 radical (unpaired) electrons. The number of hydrogen-bond donors (Lipinski definition) is 1. The molecule has 0 unspecified atom stereocenters. The van der Waals surface area contributed by atoms with Crippen molar-refractivity contribution in [2.75, 3.05) is 5.88 Å². The van der Waals surface area contributed by atoms with E-state index in [1.54, 1.807) is 0 Å². The number of hydrogen-bond acceptors (Lipinski definition) is 2. The third-order valence-electron chi connectivity index (χ3n) is 8.08. The highest BCUT2D eigenvalue weighted by molar-refractivity contribution is 9.09. The number of halogens is 2. The number of ether oxygens (including phenoxy) is 1. The molecule has 0 spiro atoms. The van der Waals surface area contributed by atoms with E-state index in [2.05, 4.69) is 43.6 Å². The Kier molecular flexibility index (Phi) is 4.95. The van der Waals surface area contributed by atoms with Crippen molar-refractivity contribution < 1.29 is 9.84 Å². The van der Waals surface area contributed by atoms with Crippen LogP contribution in [0.3, 0.4) is 0 Å². The molecule has 0 bridgehead atoms. The van der Waals surface area contributed by atoms with Crippen molar-refractivity contribution in [3.63, 3.8) is 0 Å². The van der Waals surface area contributed by atoms with E-state index in [1.807, 2.05) is 6.92 Å². The van der Waals surface area contributed by atoms with Gasteiger partial charge in [0.15, 0.2) is 0 Å². The van der Waals surface area contributed by atoms with Crippen LogP contribution in [0.2, 0.25) is 0 Å². The molecule has 3 fully saturated rings. The lowest BCUT2D eigenvalue weighted by Gasteiger charge is -2.63. The summed E-state index contributed by atoms with van der Waals surface area (Å²) in [7, 11) is 0. The molecule has 2 aliphatic carbocycles. The van der Waals surface area contributed by atoms with Crippen molar-refractivity contribution in [3.8, 4) is 0 Å². The summed E-state index contributed by atoms with van der Waals surface area (Å²) in [5.41, 5.74) is -0.413. The van der Waals surface area contributed by atoms with Gasteiger partial charge in [-0.05, 0) is 75.0 Å². The van der Waals surface area contributed by atoms with E-state index in [4.69, 9.17) is 16.3 Å². The van der Waals surface area contributed by atoms with Gasteiger partial charge in [-0.1, -0.05) is 36.7 Å². The molecule has 3 rings (SSSR count). The van der Waals surface area contributed by atoms with E-state index < -0.39 is 5.60 Å². The van der Waals surface area contributed by atoms with Gasteiger partial charge in [-0.3, -0.25) is 0 Å². The first kappa shape index (κ1) is 19.5. The molecule has 140 valence electrons. The monoisotopic (exact) mass is 420 g/mol. The van der Waals surface area contributed by atoms with Crippen LogP contribution in [0.15, 0.2) is 0 Å². The summed E-state index contributed by atoms with van der Waals surface area (Å²) in [4.78, 5) is 0.595. The van der Waals surface area contributed by atoms with Gasteiger partial charge in [-0.15, -0.1) is 11.6 Å². The van der Waals surface area contributed by atoms with Crippen molar-refractivity contribution in [1.82, 2.24) is 0 Å². The van der Waals surface area contributed by atoms with Gasteiger partial charge in [0.1, 0.15) is 6.10 Å². The predicted molar refractivity (Wildman–Crippen MR) is 104 cm³/mol. The maximum absolute atomic E-state index is 10.9. The average Bonchev–Trinajstić information content (AvgIpc) is 2.58. The molecule has 24 heavy (non-hydrogen) atoms. The highest BCUT2D eigenvalue weighted by atomic mass is 79.9. The molecule has 0 amide bonds. The first-order chi connectivity index (χ1) is 11.0. The van der Waals surface area contributed by atoms with Gasteiger partial charge < -0.3 is 9.84 Å². The summed E-state index contributed by atoms with van der Waals surface area (Å²) in [6.07, 6.45) is 6.30. The molecule has 4 heteroatoms. The fourth-order valence-corrected chi connectivity index (χ4v) is 7.44. The Bertz CT molecular complexity index is 494. The van der Waals surface area contributed by atoms with E-state index in [0.717, 1.165) is 19.3 Å². The third kappa shape index (κ3) is 2.80. The average molecular weight is 422 g/mol. The maximum atomic E-state index is 10.9. The zero-order valence-corrected chi connectivity index (χ0v) is 18.2. The summed E-state index contributed by atoms with van der Waals surface area (Å²) in [6.45, 7) is 11.6. The second-order valence-corrected chi connectivity index (χ2v) is 11.4. The molecule has 1 saturated heterocycles. The van der Waals surface area contributed by atoms with Crippen LogP contribution in [0, 0.1) is 22.7 Å². The maximum Gasteiger partial charge on any atom is 0.100 e. The lowest BCUT2D eigenvalue weighted by atomic mass is 9.45. The minimum Gasteiger partial charge on any atom is -0.387 e. The van der Waals surface area contributed by atoms with Crippen molar-refractivity contribution in [3.05, 3.63) is 0 Å². The predicted octanol–water partition coefficient (Wildman–Crippen LogP) is 5.53. The van der Waals surface area contributed by atoms with E-state index in [1.165, 1.54) is 19.3 Å². The Labute approximate surface area is 161 Å². The Hall–Kier alpha value is 0.690. The summed E-state index contributed by atoms with van der Waals surface area (Å²) < 4.78 is 6.58. The van der Waals surface area contributed by atoms with Gasteiger partial charge in [0.2, 0.25) is 0 Å². The molecular formula is C20H34BrClO2. The quantitative estimate of drug-likeness (QED) is 0.564. The van der Waals surface area contributed by atoms with E-state index in [-0.39, 0.29) is 17.1 Å². The third-order valence-corrected chi connectivity index (χ3v) is 10.0. The van der Waals surface area contributed by atoms with Gasteiger partial charge >= 0.3 is 0 Å². The van der Waals surface area contributed by atoms with Crippen LogP contribution < -0.4 is 0 Å². The topological polar surface area (TPSA) is 29.5 Å². The Morgan fingerprint density at radius 3 is 2.25 bits per heavy atom. The van der Waals surface area contributed by atoms with Crippen LogP contribution >= 0.6 is 27.5 Å². The lowest BCUT2D eigenvalue weighted by Crippen LogP contribution is -2.60. The molecule has 1 N–H and O–H groups in total. The standard InChI is InChI=1S/C20H34BrClO2/c1-17(2)13-7-11-20(5)14(18(13,3)9-8-15(17)21)6-10-19(4,23)16(12-22)24-20/h13-16,23H,6-12H2,1-5H3/t13-,14+,15-,16+,18-,19+,20+/m1/s1. The van der Waals surface area contributed by atoms with Crippen molar-refractivity contribution >= 4 is 27.5 Å². The molecule has 7 atom stereocenters. The SMILES string of the molecule is CC1(C)[C@H](Br)CC[C@]2(C)[C@@H]1CC[C@]1(C)O[C@@H](CCl)[C@@](C)(O)CC[C@@H]21. The number of aliphatic hydroxyl groups is 1. The van der Waals surface area contributed by atoms with Crippen LogP contribution in [0.1, 0.15) is 73.1 Å². The molecule has 2 nitrogen and oxygen atoms in total. The second kappa shape index (κ2) is 6.11. The lowest BCUT2D eigenvalue weighted by molar-refractivity contribution is -0.213. The first-order valence-electron chi connectivity index (χ1n) is 9.57. The molecule has 1 heterocycles. The molecule has 3 aliphatic rings. The van der Waals surface area contributed by atoms with Crippen LogP contribution in [0.25, 0.3) is 0 Å². The molecular weight excluding hydrogens is 388 g/mol. The van der Waals surface area contributed by atoms with Crippen LogP contribution in [0.4, 0.5) is 0 Å². The highest BCUT2D eigenvalue weighted by Crippen LogP contribution is 2.65. The van der Waals surface area contributed by atoms with Crippen molar-refractivity contribution in [2.45, 2.75) is 95.3 Å². The fraction of sp³-hybridized carbons (Fsp3) is 1.00. The van der Waals surface area contributed by atoms with Crippen molar-refractivity contribution in [1.29, 1.82) is 0 Å². The van der Waals surface area contributed by atoms with Crippen LogP contribution in [0.5, 0.6) is 0 Å². The normalized spacial score (nSPS) is 54.5. The molecule has 1 aliphatic heterocycles. The summed E-state index contributed by atoms with van der Waals surface area (Å²) in [5, 5.41) is 10.9. The zero-order valence-electron chi connectivity index (χ0n) is 15.9. The van der Waals surface area contributed by atoms with E-state index >= 15 is 0 Å². The number of alkyl halides is 2. The Morgan fingerprint density at radius 1 is 1.00 bits per heavy atom. The smallest absolute Gasteiger partial charge is 0.100 e. The fourth-order valence-electron chi connectivity index (χ4n) is 6.50. The van der Waals surface area contributed by atoms with E-state index in [9.17, 15) is 5.11 Å². The Morgan fingerprint density at radius 2 is 1.62 bits per heavy atom. The Balaban J connectivity index is 1.98. The van der Waals surface area contributed by atoms with Gasteiger partial charge in [0.05, 0.1) is 17.1 Å². The molecule has 0 aromatic rings. The number of fused-ring (bicyclic) bond motifs is 3. The molecule has 0 aromatic carbocycles. The summed E-state index contributed by atoms with van der Waals surface area (Å²) >= 11 is 10.1. The van der Waals surface area contributed by atoms with Gasteiger partial charge in [-0.25, -0.2) is 0 Å². The largest absolute Gasteiger partial charge is 0.387 e. The highest BCUT2D eigenvalue weighted by Gasteiger charge is 2.62. The molecule has 0 aromatic heterocycles. The summed E-state index contributed by atoms with van der Waals surface area (Å²) in [6, 6.07) is 0. The minimum absolute atomic E-state index is 0.166. The minimum atomic E-state index is -0.823. The van der Waals surface area contributed by atoms with E-state index in [0.29, 0.717) is 28.0 Å². The van der Waals surface area contributed by atoms with Crippen molar-refractivity contribution in [2.24, 2.45) is 22.7 Å². The van der Waals surface area contributed by atoms with Crippen LogP contribution in [-0.2, 0) is 4.74 Å². The second-order valence-electron chi connectivity index (χ2n) is 9.95. The first-order valence-corrected chi connectivity index (χ1v) is 11.0. The summed E-state index contributed by atoms with van der Waals surface area (Å²) in [5.74, 6) is 1.55. The zero-order chi connectivity index (χ0) is 18.0. The van der Waals surface area contributed by atoms with Crippen LogP contribution in [-0.4, -0.2) is 33.1 Å². The van der Waals surface area contributed by atoms with Gasteiger partial charge in [0, 0.05) is 4.83 Å². The molecule has 2 saturated carbocycles. The van der Waals surface area contributed by atoms with Gasteiger partial charge in [-0.2, -0.15) is 0 Å². The van der Waals surface area contributed by atoms with Gasteiger partial charge in [0.25, 0.3) is 0 Å².